The van der Waals surface area contributed by atoms with Gasteiger partial charge in [-0.3, -0.25) is 4.79 Å². The predicted octanol–water partition coefficient (Wildman–Crippen LogP) is 5.27. The molecular formula is C25H23NO3. The fourth-order valence-corrected chi connectivity index (χ4v) is 3.73. The molecule has 0 bridgehead atoms. The number of pyridine rings is 1. The molecule has 0 aliphatic heterocycles. The number of carbonyl (C=O) groups is 1. The Morgan fingerprint density at radius 1 is 0.897 bits per heavy atom. The Morgan fingerprint density at radius 2 is 1.45 bits per heavy atom. The van der Waals surface area contributed by atoms with E-state index in [9.17, 15) is 9.59 Å². The smallest absolute Gasteiger partial charge is 0.331 e. The zero-order valence-electron chi connectivity index (χ0n) is 16.6. The Bertz CT molecular complexity index is 1200. The van der Waals surface area contributed by atoms with Crippen LogP contribution in [0.15, 0.2) is 77.6 Å². The summed E-state index contributed by atoms with van der Waals surface area (Å²) in [4.78, 5) is 25.7. The minimum absolute atomic E-state index is 0.0240. The number of carbonyl (C=O) groups excluding carboxylic acids is 1. The lowest BCUT2D eigenvalue weighted by Crippen LogP contribution is -2.20. The van der Waals surface area contributed by atoms with Crippen LogP contribution in [0.2, 0.25) is 0 Å². The van der Waals surface area contributed by atoms with Gasteiger partial charge in [0.15, 0.2) is 5.43 Å². The first-order chi connectivity index (χ1) is 14.1. The number of esters is 1. The van der Waals surface area contributed by atoms with E-state index in [-0.39, 0.29) is 17.9 Å². The molecule has 0 fully saturated rings. The fourth-order valence-electron chi connectivity index (χ4n) is 3.73. The number of fused-ring (bicyclic) bond motifs is 2. The number of rotatable bonds is 5. The second kappa shape index (κ2) is 7.92. The molecule has 0 radical (unpaired) electrons. The van der Waals surface area contributed by atoms with E-state index < -0.39 is 0 Å². The maximum atomic E-state index is 12.9. The number of para-hydroxylation sites is 3. The molecule has 0 spiro atoms. The third-order valence-corrected chi connectivity index (χ3v) is 5.45. The van der Waals surface area contributed by atoms with Gasteiger partial charge in [-0.05, 0) is 48.2 Å². The van der Waals surface area contributed by atoms with E-state index in [0.29, 0.717) is 22.4 Å². The first-order valence-corrected chi connectivity index (χ1v) is 9.90. The lowest BCUT2D eigenvalue weighted by atomic mass is 9.98. The molecule has 146 valence electrons. The van der Waals surface area contributed by atoms with Crippen LogP contribution in [0.1, 0.15) is 31.7 Å². The molecule has 0 aliphatic rings. The van der Waals surface area contributed by atoms with E-state index in [0.717, 1.165) is 23.0 Å². The summed E-state index contributed by atoms with van der Waals surface area (Å²) >= 11 is 0. The molecule has 29 heavy (non-hydrogen) atoms. The van der Waals surface area contributed by atoms with Gasteiger partial charge in [0, 0.05) is 10.8 Å². The lowest BCUT2D eigenvalue weighted by molar-refractivity contribution is -0.134. The van der Waals surface area contributed by atoms with Crippen LogP contribution in [0.3, 0.4) is 0 Å². The van der Waals surface area contributed by atoms with E-state index in [4.69, 9.17) is 4.74 Å². The van der Waals surface area contributed by atoms with E-state index in [1.54, 1.807) is 12.1 Å². The molecule has 0 amide bonds. The Hall–Kier alpha value is -3.40. The Labute approximate surface area is 169 Å². The maximum absolute atomic E-state index is 12.9. The highest BCUT2D eigenvalue weighted by atomic mass is 16.5. The molecule has 1 atom stereocenters. The number of ether oxygens (including phenoxy) is 1. The second-order valence-corrected chi connectivity index (χ2v) is 7.27. The van der Waals surface area contributed by atoms with Crippen LogP contribution in [0.5, 0.6) is 5.75 Å². The number of nitrogens with zero attached hydrogens (tertiary/aromatic N) is 1. The van der Waals surface area contributed by atoms with E-state index in [2.05, 4.69) is 13.8 Å². The zero-order valence-corrected chi connectivity index (χ0v) is 16.6. The maximum Gasteiger partial charge on any atom is 0.331 e. The van der Waals surface area contributed by atoms with Crippen molar-refractivity contribution in [3.8, 4) is 5.75 Å². The molecule has 0 aliphatic carbocycles. The molecule has 4 nitrogen and oxygen atoms in total. The van der Waals surface area contributed by atoms with Crippen LogP contribution in [-0.4, -0.2) is 10.5 Å². The van der Waals surface area contributed by atoms with Gasteiger partial charge in [-0.15, -0.1) is 0 Å². The fraction of sp³-hybridized carbons (Fsp3) is 0.200. The van der Waals surface area contributed by atoms with Crippen molar-refractivity contribution in [3.05, 3.63) is 88.6 Å². The number of hydrogen-bond donors (Lipinski definition) is 0. The highest BCUT2D eigenvalue weighted by Crippen LogP contribution is 2.29. The van der Waals surface area contributed by atoms with Gasteiger partial charge in [-0.25, -0.2) is 4.79 Å². The second-order valence-electron chi connectivity index (χ2n) is 7.27. The minimum Gasteiger partial charge on any atom is -0.425 e. The van der Waals surface area contributed by atoms with Gasteiger partial charge in [0.1, 0.15) is 12.3 Å². The summed E-state index contributed by atoms with van der Waals surface area (Å²) in [7, 11) is 0. The quantitative estimate of drug-likeness (QED) is 0.267. The van der Waals surface area contributed by atoms with Gasteiger partial charge in [0.25, 0.3) is 0 Å². The number of benzene rings is 3. The molecule has 4 heteroatoms. The summed E-state index contributed by atoms with van der Waals surface area (Å²) in [6.07, 6.45) is 0.962. The van der Waals surface area contributed by atoms with Crippen molar-refractivity contribution in [1.29, 1.82) is 0 Å². The molecule has 1 unspecified atom stereocenters. The third kappa shape index (κ3) is 3.54. The van der Waals surface area contributed by atoms with Crippen LogP contribution in [-0.2, 0) is 11.3 Å². The van der Waals surface area contributed by atoms with E-state index in [1.165, 1.54) is 0 Å². The molecule has 0 saturated carbocycles. The van der Waals surface area contributed by atoms with Crippen molar-refractivity contribution in [1.82, 2.24) is 4.57 Å². The van der Waals surface area contributed by atoms with Crippen LogP contribution >= 0.6 is 0 Å². The number of hydrogen-bond acceptors (Lipinski definition) is 3. The summed E-state index contributed by atoms with van der Waals surface area (Å²) in [5.41, 5.74) is 2.45. The first-order valence-electron chi connectivity index (χ1n) is 9.90. The van der Waals surface area contributed by atoms with Crippen molar-refractivity contribution in [2.24, 2.45) is 0 Å². The minimum atomic E-state index is -0.361. The molecule has 4 aromatic rings. The average molecular weight is 385 g/mol. The third-order valence-electron chi connectivity index (χ3n) is 5.45. The topological polar surface area (TPSA) is 48.3 Å². The standard InChI is InChI=1S/C25H23NO3/c1-3-17(2)18-10-6-9-15-23(18)29-24(27)16-26-21-13-7-4-11-19(21)25(28)20-12-5-8-14-22(20)26/h4-15,17H,3,16H2,1-2H3. The van der Waals surface area contributed by atoms with Crippen LogP contribution in [0.25, 0.3) is 21.8 Å². The highest BCUT2D eigenvalue weighted by molar-refractivity contribution is 5.94. The van der Waals surface area contributed by atoms with Gasteiger partial charge in [0.2, 0.25) is 0 Å². The van der Waals surface area contributed by atoms with Crippen molar-refractivity contribution in [2.45, 2.75) is 32.7 Å². The van der Waals surface area contributed by atoms with E-state index in [1.807, 2.05) is 65.2 Å². The van der Waals surface area contributed by atoms with Gasteiger partial charge in [-0.2, -0.15) is 0 Å². The molecule has 0 saturated heterocycles. The van der Waals surface area contributed by atoms with Crippen molar-refractivity contribution in [3.63, 3.8) is 0 Å². The van der Waals surface area contributed by atoms with Crippen molar-refractivity contribution in [2.75, 3.05) is 0 Å². The molecule has 4 rings (SSSR count). The van der Waals surface area contributed by atoms with Crippen molar-refractivity contribution < 1.29 is 9.53 Å². The Kier molecular flexibility index (Phi) is 5.17. The van der Waals surface area contributed by atoms with Crippen LogP contribution < -0.4 is 10.2 Å². The molecule has 0 N–H and O–H groups in total. The normalized spacial score (nSPS) is 12.2. The van der Waals surface area contributed by atoms with Gasteiger partial charge < -0.3 is 9.30 Å². The summed E-state index contributed by atoms with van der Waals surface area (Å²) in [5.74, 6) is 0.536. The number of aromatic nitrogens is 1. The Balaban J connectivity index is 1.76. The van der Waals surface area contributed by atoms with Gasteiger partial charge >= 0.3 is 5.97 Å². The van der Waals surface area contributed by atoms with Gasteiger partial charge in [-0.1, -0.05) is 56.3 Å². The lowest BCUT2D eigenvalue weighted by Gasteiger charge is -2.17. The SMILES string of the molecule is CCC(C)c1ccccc1OC(=O)Cn1c2ccccc2c(=O)c2ccccc21. The summed E-state index contributed by atoms with van der Waals surface area (Å²) in [5, 5.41) is 1.19. The summed E-state index contributed by atoms with van der Waals surface area (Å²) in [6.45, 7) is 4.26. The predicted molar refractivity (Wildman–Crippen MR) is 116 cm³/mol. The largest absolute Gasteiger partial charge is 0.425 e. The summed E-state index contributed by atoms with van der Waals surface area (Å²) < 4.78 is 7.62. The zero-order chi connectivity index (χ0) is 20.4. The van der Waals surface area contributed by atoms with E-state index >= 15 is 0 Å². The van der Waals surface area contributed by atoms with Crippen LogP contribution in [0, 0.1) is 0 Å². The first kappa shape index (κ1) is 18.9. The summed E-state index contributed by atoms with van der Waals surface area (Å²) in [6, 6.07) is 22.4. The molecule has 3 aromatic carbocycles. The van der Waals surface area contributed by atoms with Gasteiger partial charge in [0.05, 0.1) is 11.0 Å². The Morgan fingerprint density at radius 3 is 2.07 bits per heavy atom. The average Bonchev–Trinajstić information content (AvgIpc) is 2.76. The molecular weight excluding hydrogens is 362 g/mol. The van der Waals surface area contributed by atoms with Crippen molar-refractivity contribution >= 4 is 27.8 Å². The highest BCUT2D eigenvalue weighted by Gasteiger charge is 2.16. The molecule has 1 heterocycles. The molecule has 1 aromatic heterocycles. The van der Waals surface area contributed by atoms with Crippen LogP contribution in [0.4, 0.5) is 0 Å². The monoisotopic (exact) mass is 385 g/mol.